The van der Waals surface area contributed by atoms with Gasteiger partial charge in [-0.05, 0) is 43.2 Å². The lowest BCUT2D eigenvalue weighted by Crippen LogP contribution is -2.21. The normalized spacial score (nSPS) is 11.1. The Labute approximate surface area is 143 Å². The minimum Gasteiger partial charge on any atom is -0.349 e. The van der Waals surface area contributed by atoms with E-state index in [0.717, 1.165) is 11.1 Å². The van der Waals surface area contributed by atoms with Gasteiger partial charge < -0.3 is 4.90 Å². The summed E-state index contributed by atoms with van der Waals surface area (Å²) in [5.41, 5.74) is 2.49. The molecule has 0 atom stereocenters. The zero-order chi connectivity index (χ0) is 17.7. The topological polar surface area (TPSA) is 66.5 Å². The quantitative estimate of drug-likeness (QED) is 0.875. The van der Waals surface area contributed by atoms with Crippen molar-refractivity contribution in [1.29, 1.82) is 0 Å². The summed E-state index contributed by atoms with van der Waals surface area (Å²) in [6.45, 7) is 1.91. The summed E-state index contributed by atoms with van der Waals surface area (Å²) in [5.74, 6) is 0.0687. The number of hydrogen-bond acceptors (Lipinski definition) is 3. The highest BCUT2D eigenvalue weighted by atomic mass is 32.2. The van der Waals surface area contributed by atoms with E-state index in [2.05, 4.69) is 4.72 Å². The van der Waals surface area contributed by atoms with E-state index in [1.807, 2.05) is 19.1 Å². The predicted octanol–water partition coefficient (Wildman–Crippen LogP) is 2.82. The maximum absolute atomic E-state index is 12.3. The first-order valence-electron chi connectivity index (χ1n) is 7.66. The number of nitrogens with one attached hydrogen (secondary N) is 1. The van der Waals surface area contributed by atoms with Crippen LogP contribution in [-0.2, 0) is 21.2 Å². The Morgan fingerprint density at radius 2 is 1.58 bits per heavy atom. The van der Waals surface area contributed by atoms with E-state index in [0.29, 0.717) is 18.5 Å². The average molecular weight is 346 g/mol. The van der Waals surface area contributed by atoms with Crippen molar-refractivity contribution < 1.29 is 13.2 Å². The molecule has 24 heavy (non-hydrogen) atoms. The van der Waals surface area contributed by atoms with Crippen molar-refractivity contribution in [2.24, 2.45) is 0 Å². The van der Waals surface area contributed by atoms with Gasteiger partial charge in [0.15, 0.2) is 0 Å². The number of benzene rings is 2. The number of sulfonamides is 1. The Morgan fingerprint density at radius 1 is 1.00 bits per heavy atom. The van der Waals surface area contributed by atoms with Gasteiger partial charge in [-0.1, -0.05) is 29.8 Å². The van der Waals surface area contributed by atoms with Gasteiger partial charge in [0.25, 0.3) is 10.0 Å². The molecule has 0 saturated carbocycles. The second-order valence-corrected chi connectivity index (χ2v) is 7.59. The molecule has 128 valence electrons. The van der Waals surface area contributed by atoms with Crippen molar-refractivity contribution in [1.82, 2.24) is 4.90 Å². The molecular formula is C18H22N2O3S. The molecule has 0 aliphatic carbocycles. The molecule has 0 bridgehead atoms. The second kappa shape index (κ2) is 7.49. The van der Waals surface area contributed by atoms with E-state index in [1.165, 1.54) is 0 Å². The molecule has 2 aromatic carbocycles. The van der Waals surface area contributed by atoms with Crippen molar-refractivity contribution in [2.45, 2.75) is 24.7 Å². The molecular weight excluding hydrogens is 324 g/mol. The zero-order valence-corrected chi connectivity index (χ0v) is 14.9. The van der Waals surface area contributed by atoms with Gasteiger partial charge in [0, 0.05) is 26.2 Å². The molecule has 2 rings (SSSR count). The Bertz CT molecular complexity index is 795. The molecule has 5 nitrogen and oxygen atoms in total. The fourth-order valence-electron chi connectivity index (χ4n) is 2.15. The van der Waals surface area contributed by atoms with Crippen LogP contribution in [0.4, 0.5) is 5.69 Å². The molecule has 0 heterocycles. The van der Waals surface area contributed by atoms with E-state index in [9.17, 15) is 13.2 Å². The van der Waals surface area contributed by atoms with Gasteiger partial charge in [0.1, 0.15) is 0 Å². The van der Waals surface area contributed by atoms with Crippen LogP contribution in [0.3, 0.4) is 0 Å². The van der Waals surface area contributed by atoms with E-state index in [1.54, 1.807) is 55.4 Å². The van der Waals surface area contributed by atoms with Gasteiger partial charge in [-0.2, -0.15) is 0 Å². The van der Waals surface area contributed by atoms with Gasteiger partial charge in [-0.15, -0.1) is 0 Å². The Morgan fingerprint density at radius 3 is 2.12 bits per heavy atom. The third-order valence-corrected chi connectivity index (χ3v) is 5.06. The SMILES string of the molecule is Cc1ccc(S(=O)(=O)Nc2ccc(CCC(=O)N(C)C)cc2)cc1. The number of anilines is 1. The number of amides is 1. The average Bonchev–Trinajstić information content (AvgIpc) is 2.54. The minimum absolute atomic E-state index is 0.0687. The van der Waals surface area contributed by atoms with Gasteiger partial charge in [-0.3, -0.25) is 9.52 Å². The van der Waals surface area contributed by atoms with Gasteiger partial charge in [0.2, 0.25) is 5.91 Å². The van der Waals surface area contributed by atoms with Crippen molar-refractivity contribution in [3.63, 3.8) is 0 Å². The standard InChI is InChI=1S/C18H22N2O3S/c1-14-4-11-17(12-5-14)24(22,23)19-16-9-6-15(7-10-16)8-13-18(21)20(2)3/h4-7,9-12,19H,8,13H2,1-3H3. The first kappa shape index (κ1) is 18.0. The molecule has 0 aliphatic heterocycles. The number of carbonyl (C=O) groups is 1. The molecule has 6 heteroatoms. The molecule has 1 amide bonds. The summed E-state index contributed by atoms with van der Waals surface area (Å²) in [6.07, 6.45) is 1.06. The lowest BCUT2D eigenvalue weighted by Gasteiger charge is -2.11. The zero-order valence-electron chi connectivity index (χ0n) is 14.1. The Hall–Kier alpha value is -2.34. The van der Waals surface area contributed by atoms with Crippen LogP contribution in [0, 0.1) is 6.92 Å². The van der Waals surface area contributed by atoms with Crippen LogP contribution in [0.1, 0.15) is 17.5 Å². The van der Waals surface area contributed by atoms with E-state index < -0.39 is 10.0 Å². The van der Waals surface area contributed by atoms with Crippen LogP contribution in [0.2, 0.25) is 0 Å². The highest BCUT2D eigenvalue weighted by Crippen LogP contribution is 2.17. The first-order valence-corrected chi connectivity index (χ1v) is 9.15. The van der Waals surface area contributed by atoms with Crippen LogP contribution in [-0.4, -0.2) is 33.3 Å². The summed E-state index contributed by atoms with van der Waals surface area (Å²) < 4.78 is 27.2. The summed E-state index contributed by atoms with van der Waals surface area (Å²) in [6, 6.07) is 13.8. The largest absolute Gasteiger partial charge is 0.349 e. The summed E-state index contributed by atoms with van der Waals surface area (Å²) in [4.78, 5) is 13.4. The maximum atomic E-state index is 12.3. The molecule has 2 aromatic rings. The molecule has 0 spiro atoms. The van der Waals surface area contributed by atoms with Gasteiger partial charge in [-0.25, -0.2) is 8.42 Å². The fraction of sp³-hybridized carbons (Fsp3) is 0.278. The lowest BCUT2D eigenvalue weighted by atomic mass is 10.1. The lowest BCUT2D eigenvalue weighted by molar-refractivity contribution is -0.128. The van der Waals surface area contributed by atoms with Gasteiger partial charge >= 0.3 is 0 Å². The van der Waals surface area contributed by atoms with E-state index in [4.69, 9.17) is 0 Å². The Balaban J connectivity index is 2.03. The smallest absolute Gasteiger partial charge is 0.261 e. The van der Waals surface area contributed by atoms with Crippen molar-refractivity contribution >= 4 is 21.6 Å². The minimum atomic E-state index is -3.59. The van der Waals surface area contributed by atoms with Crippen LogP contribution in [0.25, 0.3) is 0 Å². The van der Waals surface area contributed by atoms with Crippen LogP contribution < -0.4 is 4.72 Å². The second-order valence-electron chi connectivity index (χ2n) is 5.90. The number of aryl methyl sites for hydroxylation is 2. The van der Waals surface area contributed by atoms with Crippen LogP contribution in [0.15, 0.2) is 53.4 Å². The van der Waals surface area contributed by atoms with E-state index >= 15 is 0 Å². The fourth-order valence-corrected chi connectivity index (χ4v) is 3.20. The Kier molecular flexibility index (Phi) is 5.62. The van der Waals surface area contributed by atoms with Crippen molar-refractivity contribution in [3.8, 4) is 0 Å². The molecule has 0 aliphatic rings. The predicted molar refractivity (Wildman–Crippen MR) is 95.4 cm³/mol. The summed E-state index contributed by atoms with van der Waals surface area (Å²) in [7, 11) is -0.136. The number of rotatable bonds is 6. The van der Waals surface area contributed by atoms with Crippen molar-refractivity contribution in [2.75, 3.05) is 18.8 Å². The first-order chi connectivity index (χ1) is 11.3. The highest BCUT2D eigenvalue weighted by Gasteiger charge is 2.13. The third-order valence-electron chi connectivity index (χ3n) is 3.66. The van der Waals surface area contributed by atoms with Crippen molar-refractivity contribution in [3.05, 3.63) is 59.7 Å². The summed E-state index contributed by atoms with van der Waals surface area (Å²) in [5, 5.41) is 0. The van der Waals surface area contributed by atoms with Crippen LogP contribution >= 0.6 is 0 Å². The van der Waals surface area contributed by atoms with Gasteiger partial charge in [0.05, 0.1) is 4.90 Å². The molecule has 0 saturated heterocycles. The summed E-state index contributed by atoms with van der Waals surface area (Å²) >= 11 is 0. The highest BCUT2D eigenvalue weighted by molar-refractivity contribution is 7.92. The van der Waals surface area contributed by atoms with E-state index in [-0.39, 0.29) is 10.8 Å². The molecule has 0 aromatic heterocycles. The monoisotopic (exact) mass is 346 g/mol. The number of hydrogen-bond donors (Lipinski definition) is 1. The molecule has 1 N–H and O–H groups in total. The van der Waals surface area contributed by atoms with Crippen LogP contribution in [0.5, 0.6) is 0 Å². The number of nitrogens with zero attached hydrogens (tertiary/aromatic N) is 1. The maximum Gasteiger partial charge on any atom is 0.261 e. The molecule has 0 fully saturated rings. The third kappa shape index (κ3) is 4.83. The number of carbonyl (C=O) groups excluding carboxylic acids is 1. The molecule has 0 unspecified atom stereocenters. The molecule has 0 radical (unpaired) electrons.